The molecule has 0 aliphatic carbocycles. The molecule has 0 N–H and O–H groups in total. The Bertz CT molecular complexity index is 629. The average molecular weight is 352 g/mol. The maximum atomic E-state index is 12.4. The van der Waals surface area contributed by atoms with Crippen molar-refractivity contribution in [2.75, 3.05) is 13.6 Å². The zero-order valence-electron chi connectivity index (χ0n) is 12.3. The molecule has 1 aromatic carbocycles. The summed E-state index contributed by atoms with van der Waals surface area (Å²) in [6, 6.07) is 2.54. The van der Waals surface area contributed by atoms with Gasteiger partial charge in [0, 0.05) is 34.9 Å². The zero-order chi connectivity index (χ0) is 16.2. The second-order valence-electron chi connectivity index (χ2n) is 4.95. The molecule has 0 aliphatic heterocycles. The van der Waals surface area contributed by atoms with Crippen LogP contribution in [0.1, 0.15) is 42.1 Å². The Labute approximate surface area is 135 Å². The van der Waals surface area contributed by atoms with Gasteiger partial charge in [-0.05, 0) is 31.0 Å². The van der Waals surface area contributed by atoms with E-state index in [0.29, 0.717) is 12.1 Å². The van der Waals surface area contributed by atoms with Crippen molar-refractivity contribution in [2.24, 2.45) is 0 Å². The normalized spacial score (nSPS) is 11.5. The molecule has 21 heavy (non-hydrogen) atoms. The minimum atomic E-state index is -3.93. The quantitative estimate of drug-likeness (QED) is 0.577. The third-order valence-electron chi connectivity index (χ3n) is 3.27. The van der Waals surface area contributed by atoms with Gasteiger partial charge in [-0.25, -0.2) is 8.42 Å². The maximum absolute atomic E-state index is 12.4. The SMILES string of the molecule is CCCCCN(C)C(=O)c1cc(S(=O)(=O)Cl)cc(Cl)c1C. The molecule has 0 bridgehead atoms. The van der Waals surface area contributed by atoms with Crippen LogP contribution >= 0.6 is 22.3 Å². The van der Waals surface area contributed by atoms with E-state index in [1.54, 1.807) is 18.9 Å². The van der Waals surface area contributed by atoms with E-state index in [-0.39, 0.29) is 21.4 Å². The highest BCUT2D eigenvalue weighted by atomic mass is 35.7. The summed E-state index contributed by atoms with van der Waals surface area (Å²) < 4.78 is 22.9. The van der Waals surface area contributed by atoms with Crippen molar-refractivity contribution in [3.05, 3.63) is 28.3 Å². The summed E-state index contributed by atoms with van der Waals surface area (Å²) in [5.41, 5.74) is 0.814. The molecule has 1 rings (SSSR count). The highest BCUT2D eigenvalue weighted by Gasteiger charge is 2.20. The van der Waals surface area contributed by atoms with Crippen LogP contribution in [0, 0.1) is 6.92 Å². The second-order valence-corrected chi connectivity index (χ2v) is 7.92. The van der Waals surface area contributed by atoms with Crippen molar-refractivity contribution in [1.82, 2.24) is 4.90 Å². The van der Waals surface area contributed by atoms with Crippen molar-refractivity contribution < 1.29 is 13.2 Å². The van der Waals surface area contributed by atoms with Crippen LogP contribution in [-0.4, -0.2) is 32.8 Å². The molecule has 0 fully saturated rings. The topological polar surface area (TPSA) is 54.5 Å². The maximum Gasteiger partial charge on any atom is 0.261 e. The Balaban J connectivity index is 3.11. The minimum Gasteiger partial charge on any atom is -0.342 e. The molecule has 1 aromatic rings. The van der Waals surface area contributed by atoms with Crippen LogP contribution in [0.2, 0.25) is 5.02 Å². The number of carbonyl (C=O) groups is 1. The van der Waals surface area contributed by atoms with E-state index >= 15 is 0 Å². The molecular weight excluding hydrogens is 333 g/mol. The smallest absolute Gasteiger partial charge is 0.261 e. The lowest BCUT2D eigenvalue weighted by atomic mass is 10.1. The van der Waals surface area contributed by atoms with E-state index in [1.807, 2.05) is 0 Å². The molecule has 0 unspecified atom stereocenters. The van der Waals surface area contributed by atoms with Crippen molar-refractivity contribution in [3.8, 4) is 0 Å². The van der Waals surface area contributed by atoms with Gasteiger partial charge in [0.25, 0.3) is 15.0 Å². The molecule has 0 heterocycles. The van der Waals surface area contributed by atoms with Gasteiger partial charge in [0.1, 0.15) is 0 Å². The lowest BCUT2D eigenvalue weighted by molar-refractivity contribution is 0.0791. The van der Waals surface area contributed by atoms with Crippen LogP contribution in [0.15, 0.2) is 17.0 Å². The molecule has 7 heteroatoms. The number of benzene rings is 1. The molecule has 0 aromatic heterocycles. The lowest BCUT2D eigenvalue weighted by Gasteiger charge is -2.19. The first-order chi connectivity index (χ1) is 9.68. The van der Waals surface area contributed by atoms with Gasteiger partial charge in [-0.15, -0.1) is 0 Å². The Morgan fingerprint density at radius 1 is 1.29 bits per heavy atom. The van der Waals surface area contributed by atoms with Gasteiger partial charge < -0.3 is 4.90 Å². The van der Waals surface area contributed by atoms with Gasteiger partial charge in [0.15, 0.2) is 0 Å². The first-order valence-electron chi connectivity index (χ1n) is 6.68. The monoisotopic (exact) mass is 351 g/mol. The first-order valence-corrected chi connectivity index (χ1v) is 9.37. The Kier molecular flexibility index (Phi) is 6.50. The molecule has 0 radical (unpaired) electrons. The van der Waals surface area contributed by atoms with Crippen molar-refractivity contribution in [3.63, 3.8) is 0 Å². The summed E-state index contributed by atoms with van der Waals surface area (Å²) in [4.78, 5) is 13.8. The highest BCUT2D eigenvalue weighted by Crippen LogP contribution is 2.27. The number of halogens is 2. The summed E-state index contributed by atoms with van der Waals surface area (Å²) in [6.07, 6.45) is 3.00. The fraction of sp³-hybridized carbons (Fsp3) is 0.500. The fourth-order valence-electron chi connectivity index (χ4n) is 1.92. The number of rotatable bonds is 6. The highest BCUT2D eigenvalue weighted by molar-refractivity contribution is 8.13. The van der Waals surface area contributed by atoms with E-state index in [9.17, 15) is 13.2 Å². The number of nitrogens with zero attached hydrogens (tertiary/aromatic N) is 1. The summed E-state index contributed by atoms with van der Waals surface area (Å²) in [6.45, 7) is 4.38. The van der Waals surface area contributed by atoms with E-state index in [2.05, 4.69) is 6.92 Å². The molecular formula is C14H19Cl2NO3S. The lowest BCUT2D eigenvalue weighted by Crippen LogP contribution is -2.28. The summed E-state index contributed by atoms with van der Waals surface area (Å²) in [7, 11) is 3.09. The third-order valence-corrected chi connectivity index (χ3v) is 5.00. The standard InChI is InChI=1S/C14H19Cl2NO3S/c1-4-5-6-7-17(3)14(18)12-8-11(21(16,19)20)9-13(15)10(12)2/h8-9H,4-7H2,1-3H3. The average Bonchev–Trinajstić information content (AvgIpc) is 2.39. The van der Waals surface area contributed by atoms with E-state index < -0.39 is 9.05 Å². The molecule has 0 spiro atoms. The Hall–Kier alpha value is -0.780. The van der Waals surface area contributed by atoms with Crippen LogP contribution in [0.3, 0.4) is 0 Å². The first kappa shape index (κ1) is 18.3. The van der Waals surface area contributed by atoms with Gasteiger partial charge in [-0.2, -0.15) is 0 Å². The number of hydrogen-bond acceptors (Lipinski definition) is 3. The molecule has 0 aliphatic rings. The Morgan fingerprint density at radius 3 is 2.43 bits per heavy atom. The molecule has 0 saturated heterocycles. The van der Waals surface area contributed by atoms with Gasteiger partial charge in [0.05, 0.1) is 4.90 Å². The van der Waals surface area contributed by atoms with Crippen LogP contribution in [0.25, 0.3) is 0 Å². The zero-order valence-corrected chi connectivity index (χ0v) is 14.6. The molecule has 0 atom stereocenters. The van der Waals surface area contributed by atoms with Gasteiger partial charge in [-0.3, -0.25) is 4.79 Å². The number of amides is 1. The summed E-state index contributed by atoms with van der Waals surface area (Å²) in [5.74, 6) is -0.257. The van der Waals surface area contributed by atoms with Crippen molar-refractivity contribution in [1.29, 1.82) is 0 Å². The minimum absolute atomic E-state index is 0.162. The number of unbranched alkanes of at least 4 members (excludes halogenated alkanes) is 2. The van der Waals surface area contributed by atoms with Gasteiger partial charge in [-0.1, -0.05) is 31.4 Å². The fourth-order valence-corrected chi connectivity index (χ4v) is 2.99. The molecule has 0 saturated carbocycles. The third kappa shape index (κ3) is 4.87. The predicted octanol–water partition coefficient (Wildman–Crippen LogP) is 3.84. The van der Waals surface area contributed by atoms with Crippen LogP contribution < -0.4 is 0 Å². The van der Waals surface area contributed by atoms with E-state index in [0.717, 1.165) is 19.3 Å². The predicted molar refractivity (Wildman–Crippen MR) is 85.7 cm³/mol. The summed E-state index contributed by atoms with van der Waals surface area (Å²) >= 11 is 6.01. The van der Waals surface area contributed by atoms with Gasteiger partial charge in [0.2, 0.25) is 0 Å². The van der Waals surface area contributed by atoms with E-state index in [1.165, 1.54) is 12.1 Å². The molecule has 118 valence electrons. The number of hydrogen-bond donors (Lipinski definition) is 0. The largest absolute Gasteiger partial charge is 0.342 e. The van der Waals surface area contributed by atoms with Crippen LogP contribution in [0.4, 0.5) is 0 Å². The van der Waals surface area contributed by atoms with E-state index in [4.69, 9.17) is 22.3 Å². The molecule has 4 nitrogen and oxygen atoms in total. The number of carbonyl (C=O) groups excluding carboxylic acids is 1. The Morgan fingerprint density at radius 2 is 1.90 bits per heavy atom. The van der Waals surface area contributed by atoms with Crippen LogP contribution in [0.5, 0.6) is 0 Å². The van der Waals surface area contributed by atoms with Gasteiger partial charge >= 0.3 is 0 Å². The van der Waals surface area contributed by atoms with Crippen molar-refractivity contribution >= 4 is 37.2 Å². The second kappa shape index (κ2) is 7.47. The summed E-state index contributed by atoms with van der Waals surface area (Å²) in [5, 5.41) is 0.210. The van der Waals surface area contributed by atoms with Crippen LogP contribution in [-0.2, 0) is 9.05 Å². The van der Waals surface area contributed by atoms with Crippen molar-refractivity contribution in [2.45, 2.75) is 38.0 Å². The molecule has 1 amide bonds.